The van der Waals surface area contributed by atoms with Gasteiger partial charge in [0.15, 0.2) is 0 Å². The first-order valence-corrected chi connectivity index (χ1v) is 6.23. The Bertz CT molecular complexity index is 535. The predicted molar refractivity (Wildman–Crippen MR) is 71.0 cm³/mol. The number of aromatic nitrogens is 2. The Kier molecular flexibility index (Phi) is 4.04. The van der Waals surface area contributed by atoms with E-state index in [0.717, 1.165) is 0 Å². The molecule has 18 heavy (non-hydrogen) atoms. The summed E-state index contributed by atoms with van der Waals surface area (Å²) in [4.78, 5) is 25.5. The van der Waals surface area contributed by atoms with Crippen LogP contribution in [0.2, 0.25) is 0 Å². The fourth-order valence-electron chi connectivity index (χ4n) is 1.64. The van der Waals surface area contributed by atoms with Gasteiger partial charge < -0.3 is 5.11 Å². The van der Waals surface area contributed by atoms with E-state index in [-0.39, 0.29) is 22.8 Å². The molecule has 1 heterocycles. The second kappa shape index (κ2) is 5.00. The topological polar surface area (TPSA) is 75.1 Å². The zero-order valence-corrected chi connectivity index (χ0v) is 11.7. The van der Waals surface area contributed by atoms with Crippen LogP contribution in [0.15, 0.2) is 9.59 Å². The lowest BCUT2D eigenvalue weighted by molar-refractivity contribution is 0.220. The number of aromatic amines is 1. The standard InChI is InChI=1S/C13H22N2O3/c1-6-9-10(16)14-12(18)15(11(9)17)7-8(2)13(3,4)5/h8,17H,6-7H2,1-5H3,(H,14,16,18). The highest BCUT2D eigenvalue weighted by molar-refractivity contribution is 5.22. The van der Waals surface area contributed by atoms with E-state index in [1.165, 1.54) is 4.57 Å². The molecule has 1 unspecified atom stereocenters. The van der Waals surface area contributed by atoms with Gasteiger partial charge in [0.2, 0.25) is 5.88 Å². The summed E-state index contributed by atoms with van der Waals surface area (Å²) in [6, 6.07) is 0. The molecule has 5 heteroatoms. The third kappa shape index (κ3) is 2.83. The minimum absolute atomic E-state index is 0.0222. The van der Waals surface area contributed by atoms with Gasteiger partial charge in [-0.2, -0.15) is 0 Å². The van der Waals surface area contributed by atoms with Crippen molar-refractivity contribution in [2.24, 2.45) is 11.3 Å². The molecule has 0 spiro atoms. The quantitative estimate of drug-likeness (QED) is 0.858. The lowest BCUT2D eigenvalue weighted by Crippen LogP contribution is -2.35. The molecule has 0 aliphatic rings. The van der Waals surface area contributed by atoms with Crippen LogP contribution >= 0.6 is 0 Å². The molecule has 2 N–H and O–H groups in total. The molecule has 5 nitrogen and oxygen atoms in total. The fourth-order valence-corrected chi connectivity index (χ4v) is 1.64. The largest absolute Gasteiger partial charge is 0.494 e. The number of aromatic hydroxyl groups is 1. The van der Waals surface area contributed by atoms with E-state index in [0.29, 0.717) is 13.0 Å². The number of hydrogen-bond acceptors (Lipinski definition) is 3. The number of nitrogens with one attached hydrogen (secondary N) is 1. The van der Waals surface area contributed by atoms with E-state index in [1.54, 1.807) is 6.92 Å². The molecule has 0 saturated heterocycles. The first kappa shape index (κ1) is 14.5. The molecule has 1 aromatic rings. The highest BCUT2D eigenvalue weighted by Crippen LogP contribution is 2.27. The molecule has 0 aromatic carbocycles. The Balaban J connectivity index is 3.26. The second-order valence-electron chi connectivity index (χ2n) is 5.79. The molecule has 1 rings (SSSR count). The van der Waals surface area contributed by atoms with Gasteiger partial charge in [-0.05, 0) is 17.8 Å². The number of rotatable bonds is 3. The maximum atomic E-state index is 11.7. The third-order valence-corrected chi connectivity index (χ3v) is 3.55. The summed E-state index contributed by atoms with van der Waals surface area (Å²) >= 11 is 0. The van der Waals surface area contributed by atoms with Gasteiger partial charge >= 0.3 is 5.69 Å². The highest BCUT2D eigenvalue weighted by Gasteiger charge is 2.23. The minimum atomic E-state index is -0.550. The first-order chi connectivity index (χ1) is 8.18. The minimum Gasteiger partial charge on any atom is -0.494 e. The first-order valence-electron chi connectivity index (χ1n) is 6.23. The Morgan fingerprint density at radius 3 is 2.33 bits per heavy atom. The van der Waals surface area contributed by atoms with Crippen molar-refractivity contribution in [2.45, 2.75) is 47.6 Å². The maximum absolute atomic E-state index is 11.7. The van der Waals surface area contributed by atoms with Crippen LogP contribution in [-0.4, -0.2) is 14.7 Å². The van der Waals surface area contributed by atoms with Crippen molar-refractivity contribution in [1.82, 2.24) is 9.55 Å². The Labute approximate surface area is 106 Å². The van der Waals surface area contributed by atoms with Crippen molar-refractivity contribution in [2.75, 3.05) is 0 Å². The van der Waals surface area contributed by atoms with E-state index in [4.69, 9.17) is 0 Å². The lowest BCUT2D eigenvalue weighted by Gasteiger charge is -2.28. The van der Waals surface area contributed by atoms with Crippen molar-refractivity contribution in [3.05, 3.63) is 26.4 Å². The van der Waals surface area contributed by atoms with Gasteiger partial charge in [0.1, 0.15) is 0 Å². The van der Waals surface area contributed by atoms with Gasteiger partial charge in [-0.1, -0.05) is 34.6 Å². The highest BCUT2D eigenvalue weighted by atomic mass is 16.3. The van der Waals surface area contributed by atoms with Crippen LogP contribution in [-0.2, 0) is 13.0 Å². The average Bonchev–Trinajstić information content (AvgIpc) is 2.22. The molecule has 0 bridgehead atoms. The zero-order chi connectivity index (χ0) is 14.1. The lowest BCUT2D eigenvalue weighted by atomic mass is 9.82. The summed E-state index contributed by atoms with van der Waals surface area (Å²) in [5.74, 6) is -0.0148. The molecule has 0 saturated carbocycles. The van der Waals surface area contributed by atoms with Crippen LogP contribution in [0.5, 0.6) is 5.88 Å². The molecule has 0 radical (unpaired) electrons. The van der Waals surface area contributed by atoms with Crippen molar-refractivity contribution in [3.8, 4) is 5.88 Å². The predicted octanol–water partition coefficient (Wildman–Crippen LogP) is 1.49. The van der Waals surface area contributed by atoms with Crippen LogP contribution in [0.25, 0.3) is 0 Å². The molecule has 1 atom stereocenters. The molecule has 102 valence electrons. The molecular weight excluding hydrogens is 232 g/mol. The number of H-pyrrole nitrogens is 1. The molecule has 0 fully saturated rings. The van der Waals surface area contributed by atoms with E-state index in [9.17, 15) is 14.7 Å². The van der Waals surface area contributed by atoms with Gasteiger partial charge in [-0.3, -0.25) is 14.3 Å². The van der Waals surface area contributed by atoms with Crippen molar-refractivity contribution in [3.63, 3.8) is 0 Å². The smallest absolute Gasteiger partial charge is 0.331 e. The van der Waals surface area contributed by atoms with E-state index >= 15 is 0 Å². The molecule has 1 aromatic heterocycles. The Hall–Kier alpha value is -1.52. The summed E-state index contributed by atoms with van der Waals surface area (Å²) in [7, 11) is 0. The molecular formula is C13H22N2O3. The normalized spacial score (nSPS) is 13.6. The van der Waals surface area contributed by atoms with Crippen LogP contribution < -0.4 is 11.2 Å². The van der Waals surface area contributed by atoms with Crippen LogP contribution in [0, 0.1) is 11.3 Å². The van der Waals surface area contributed by atoms with Gasteiger partial charge in [0.05, 0.1) is 5.56 Å². The van der Waals surface area contributed by atoms with Gasteiger partial charge in [-0.25, -0.2) is 4.79 Å². The van der Waals surface area contributed by atoms with E-state index < -0.39 is 11.2 Å². The Morgan fingerprint density at radius 2 is 1.89 bits per heavy atom. The van der Waals surface area contributed by atoms with Crippen molar-refractivity contribution < 1.29 is 5.11 Å². The summed E-state index contributed by atoms with van der Waals surface area (Å²) < 4.78 is 1.25. The summed E-state index contributed by atoms with van der Waals surface area (Å²) in [5.41, 5.74) is -0.768. The molecule has 0 aliphatic carbocycles. The zero-order valence-electron chi connectivity index (χ0n) is 11.7. The van der Waals surface area contributed by atoms with Crippen LogP contribution in [0.4, 0.5) is 0 Å². The van der Waals surface area contributed by atoms with Gasteiger partial charge in [0, 0.05) is 6.54 Å². The van der Waals surface area contributed by atoms with Crippen LogP contribution in [0.1, 0.15) is 40.2 Å². The van der Waals surface area contributed by atoms with E-state index in [1.807, 2.05) is 6.92 Å². The second-order valence-corrected chi connectivity index (χ2v) is 5.79. The van der Waals surface area contributed by atoms with Crippen molar-refractivity contribution >= 4 is 0 Å². The average molecular weight is 254 g/mol. The van der Waals surface area contributed by atoms with Gasteiger partial charge in [0.25, 0.3) is 5.56 Å². The summed E-state index contributed by atoms with van der Waals surface area (Å²) in [5, 5.41) is 10.0. The fraction of sp³-hybridized carbons (Fsp3) is 0.692. The SMILES string of the molecule is CCc1c(O)n(CC(C)C(C)(C)C)c(=O)[nH]c1=O. The molecule has 0 aliphatic heterocycles. The van der Waals surface area contributed by atoms with Crippen molar-refractivity contribution in [1.29, 1.82) is 0 Å². The number of nitrogens with zero attached hydrogens (tertiary/aromatic N) is 1. The summed E-state index contributed by atoms with van der Waals surface area (Å²) in [6.45, 7) is 10.4. The Morgan fingerprint density at radius 1 is 1.33 bits per heavy atom. The van der Waals surface area contributed by atoms with E-state index in [2.05, 4.69) is 25.8 Å². The number of hydrogen-bond donors (Lipinski definition) is 2. The monoisotopic (exact) mass is 254 g/mol. The third-order valence-electron chi connectivity index (χ3n) is 3.55. The maximum Gasteiger partial charge on any atom is 0.331 e. The summed E-state index contributed by atoms with van der Waals surface area (Å²) in [6.07, 6.45) is 0.394. The van der Waals surface area contributed by atoms with Crippen LogP contribution in [0.3, 0.4) is 0 Å². The van der Waals surface area contributed by atoms with Gasteiger partial charge in [-0.15, -0.1) is 0 Å². The molecule has 0 amide bonds.